The van der Waals surface area contributed by atoms with Crippen LogP contribution in [0.25, 0.3) is 5.57 Å². The van der Waals surface area contributed by atoms with Gasteiger partial charge >= 0.3 is 0 Å². The van der Waals surface area contributed by atoms with Crippen LogP contribution in [0.5, 0.6) is 0 Å². The summed E-state index contributed by atoms with van der Waals surface area (Å²) in [5.41, 5.74) is 7.66. The van der Waals surface area contributed by atoms with Gasteiger partial charge in [0.2, 0.25) is 0 Å². The Morgan fingerprint density at radius 3 is 2.03 bits per heavy atom. The van der Waals surface area contributed by atoms with Gasteiger partial charge in [0.05, 0.1) is 0 Å². The van der Waals surface area contributed by atoms with Crippen molar-refractivity contribution < 1.29 is 0 Å². The molecule has 0 aromatic heterocycles. The molecule has 0 saturated carbocycles. The first kappa shape index (κ1) is 27.2. The first-order chi connectivity index (χ1) is 14.8. The number of hydrogen-bond acceptors (Lipinski definition) is 0. The van der Waals surface area contributed by atoms with E-state index < -0.39 is 0 Å². The molecule has 0 N–H and O–H groups in total. The Balaban J connectivity index is 3.59. The first-order valence-electron chi connectivity index (χ1n) is 12.6. The molecule has 0 saturated heterocycles. The lowest BCUT2D eigenvalue weighted by Crippen LogP contribution is -2.01. The molecule has 0 spiro atoms. The van der Waals surface area contributed by atoms with E-state index in [-0.39, 0.29) is 5.41 Å². The van der Waals surface area contributed by atoms with E-state index in [9.17, 15) is 0 Å². The smallest absolute Gasteiger partial charge is 0.00884 e. The predicted molar refractivity (Wildman–Crippen MR) is 142 cm³/mol. The van der Waals surface area contributed by atoms with Gasteiger partial charge < -0.3 is 0 Å². The van der Waals surface area contributed by atoms with Crippen molar-refractivity contribution in [2.24, 2.45) is 5.41 Å². The fourth-order valence-electron chi connectivity index (χ4n) is 4.03. The zero-order valence-electron chi connectivity index (χ0n) is 21.6. The fourth-order valence-corrected chi connectivity index (χ4v) is 4.03. The van der Waals surface area contributed by atoms with Crippen LogP contribution in [-0.2, 0) is 0 Å². The van der Waals surface area contributed by atoms with E-state index >= 15 is 0 Å². The van der Waals surface area contributed by atoms with Crippen LogP contribution in [0.2, 0.25) is 0 Å². The second-order valence-electron chi connectivity index (χ2n) is 9.90. The molecule has 0 atom stereocenters. The molecule has 172 valence electrons. The highest BCUT2D eigenvalue weighted by Crippen LogP contribution is 2.34. The number of rotatable bonds is 13. The minimum absolute atomic E-state index is 0.209. The highest BCUT2D eigenvalue weighted by atomic mass is 14.2. The zero-order chi connectivity index (χ0) is 23.1. The second kappa shape index (κ2) is 15.1. The maximum Gasteiger partial charge on any atom is -0.00884 e. The normalized spacial score (nSPS) is 14.3. The Bertz CT molecular complexity index is 732. The summed E-state index contributed by atoms with van der Waals surface area (Å²) in [5, 5.41) is 0. The molecule has 1 rings (SSSR count). The first-order valence-corrected chi connectivity index (χ1v) is 12.6. The summed E-state index contributed by atoms with van der Waals surface area (Å²) in [6.45, 7) is 15.9. The Morgan fingerprint density at radius 1 is 0.871 bits per heavy atom. The SMILES string of the molecule is C\C=C/C(C(/C/C=C/C(C)(C)C)=C(/CCCCC)c1ccccc1)=C(/C)CCCCC. The predicted octanol–water partition coefficient (Wildman–Crippen LogP) is 10.5. The molecule has 0 heteroatoms. The van der Waals surface area contributed by atoms with Crippen molar-refractivity contribution in [3.05, 3.63) is 76.9 Å². The molecule has 1 aromatic rings. The minimum Gasteiger partial charge on any atom is -0.0871 e. The summed E-state index contributed by atoms with van der Waals surface area (Å²) in [4.78, 5) is 0. The maximum atomic E-state index is 2.40. The highest BCUT2D eigenvalue weighted by molar-refractivity contribution is 5.74. The van der Waals surface area contributed by atoms with Crippen LogP contribution in [0.4, 0.5) is 0 Å². The number of hydrogen-bond donors (Lipinski definition) is 0. The molecular formula is C31H48. The quantitative estimate of drug-likeness (QED) is 0.169. The molecule has 31 heavy (non-hydrogen) atoms. The maximum absolute atomic E-state index is 2.40. The van der Waals surface area contributed by atoms with Gasteiger partial charge in [0.1, 0.15) is 0 Å². The molecule has 0 fully saturated rings. The third-order valence-corrected chi connectivity index (χ3v) is 5.73. The van der Waals surface area contributed by atoms with Gasteiger partial charge in [-0.1, -0.05) is 121 Å². The summed E-state index contributed by atoms with van der Waals surface area (Å²) < 4.78 is 0. The highest BCUT2D eigenvalue weighted by Gasteiger charge is 2.14. The van der Waals surface area contributed by atoms with Crippen LogP contribution in [0.15, 0.2) is 71.4 Å². The monoisotopic (exact) mass is 420 g/mol. The van der Waals surface area contributed by atoms with Crippen LogP contribution in [0.3, 0.4) is 0 Å². The third-order valence-electron chi connectivity index (χ3n) is 5.73. The summed E-state index contributed by atoms with van der Waals surface area (Å²) in [6, 6.07) is 11.1. The second-order valence-corrected chi connectivity index (χ2v) is 9.90. The third kappa shape index (κ3) is 10.9. The Morgan fingerprint density at radius 2 is 1.48 bits per heavy atom. The molecule has 0 bridgehead atoms. The molecule has 1 aromatic carbocycles. The van der Waals surface area contributed by atoms with Gasteiger partial charge in [-0.15, -0.1) is 0 Å². The van der Waals surface area contributed by atoms with Crippen molar-refractivity contribution in [1.82, 2.24) is 0 Å². The van der Waals surface area contributed by atoms with E-state index in [1.54, 1.807) is 0 Å². The van der Waals surface area contributed by atoms with Crippen LogP contribution in [0.1, 0.15) is 112 Å². The average molecular weight is 421 g/mol. The lowest BCUT2D eigenvalue weighted by atomic mass is 9.85. The lowest BCUT2D eigenvalue weighted by molar-refractivity contribution is 0.542. The minimum atomic E-state index is 0.209. The van der Waals surface area contributed by atoms with Crippen molar-refractivity contribution in [3.8, 4) is 0 Å². The molecular weight excluding hydrogens is 372 g/mol. The van der Waals surface area contributed by atoms with Gasteiger partial charge in [-0.2, -0.15) is 0 Å². The van der Waals surface area contributed by atoms with Gasteiger partial charge in [-0.3, -0.25) is 0 Å². The molecule has 0 unspecified atom stereocenters. The molecule has 0 heterocycles. The molecule has 0 radical (unpaired) electrons. The number of allylic oxidation sites excluding steroid dienone is 8. The van der Waals surface area contributed by atoms with E-state index in [0.29, 0.717) is 0 Å². The van der Waals surface area contributed by atoms with Crippen molar-refractivity contribution in [1.29, 1.82) is 0 Å². The summed E-state index contributed by atoms with van der Waals surface area (Å²) in [7, 11) is 0. The summed E-state index contributed by atoms with van der Waals surface area (Å²) in [5.74, 6) is 0. The van der Waals surface area contributed by atoms with Gasteiger partial charge in [-0.05, 0) is 73.6 Å². The topological polar surface area (TPSA) is 0 Å². The standard InChI is InChI=1S/C31H48/c1-8-11-14-20-26(4)28(19-10-3)30(24-18-25-31(5,6)7)29(23-15-12-9-2)27-21-16-13-17-22-27/h10,13,16-19,21-22,25H,8-9,11-12,14-15,20,23-24H2,1-7H3/b19-10-,25-18+,28-26+,30-29-. The molecule has 0 aliphatic rings. The Labute approximate surface area is 194 Å². The molecule has 0 amide bonds. The molecule has 0 aliphatic carbocycles. The van der Waals surface area contributed by atoms with Crippen LogP contribution < -0.4 is 0 Å². The molecule has 0 nitrogen and oxygen atoms in total. The van der Waals surface area contributed by atoms with E-state index in [4.69, 9.17) is 0 Å². The van der Waals surface area contributed by atoms with Crippen LogP contribution >= 0.6 is 0 Å². The zero-order valence-corrected chi connectivity index (χ0v) is 21.6. The van der Waals surface area contributed by atoms with E-state index in [2.05, 4.69) is 103 Å². The van der Waals surface area contributed by atoms with Gasteiger partial charge in [0, 0.05) is 0 Å². The summed E-state index contributed by atoms with van der Waals surface area (Å²) in [6.07, 6.45) is 20.4. The van der Waals surface area contributed by atoms with Crippen molar-refractivity contribution >= 4 is 5.57 Å². The largest absolute Gasteiger partial charge is 0.0871 e. The number of benzene rings is 1. The fraction of sp³-hybridized carbons (Fsp3) is 0.548. The Kier molecular flexibility index (Phi) is 13.2. The van der Waals surface area contributed by atoms with Crippen molar-refractivity contribution in [3.63, 3.8) is 0 Å². The van der Waals surface area contributed by atoms with E-state index in [1.807, 2.05) is 0 Å². The molecule has 0 aliphatic heterocycles. The van der Waals surface area contributed by atoms with Gasteiger partial charge in [0.15, 0.2) is 0 Å². The summed E-state index contributed by atoms with van der Waals surface area (Å²) >= 11 is 0. The van der Waals surface area contributed by atoms with Crippen LogP contribution in [-0.4, -0.2) is 0 Å². The average Bonchev–Trinajstić information content (AvgIpc) is 2.73. The lowest BCUT2D eigenvalue weighted by Gasteiger charge is -2.20. The van der Waals surface area contributed by atoms with Gasteiger partial charge in [0.25, 0.3) is 0 Å². The van der Waals surface area contributed by atoms with E-state index in [1.165, 1.54) is 72.8 Å². The van der Waals surface area contributed by atoms with Crippen molar-refractivity contribution in [2.75, 3.05) is 0 Å². The van der Waals surface area contributed by atoms with Crippen LogP contribution in [0, 0.1) is 5.41 Å². The van der Waals surface area contributed by atoms with Crippen molar-refractivity contribution in [2.45, 2.75) is 106 Å². The van der Waals surface area contributed by atoms with Gasteiger partial charge in [-0.25, -0.2) is 0 Å². The Hall–Kier alpha value is -1.82. The van der Waals surface area contributed by atoms with E-state index in [0.717, 1.165) is 12.8 Å². The number of unbranched alkanes of at least 4 members (excludes halogenated alkanes) is 4.